The molecule has 1 aromatic rings. The standard InChI is InChI=1S/C18H28N4O2/c1-14(2)16-12-21(10-4-9-20(16)11-15-5-6-15)17(23)13-22-8-3-7-19-18(22)24/h3,7-8,14-16H,4-6,9-13H2,1-2H3. The van der Waals surface area contributed by atoms with E-state index in [1.807, 2.05) is 4.90 Å². The maximum Gasteiger partial charge on any atom is 0.347 e. The van der Waals surface area contributed by atoms with Gasteiger partial charge in [-0.15, -0.1) is 0 Å². The number of hydrogen-bond donors (Lipinski definition) is 0. The first-order valence-corrected chi connectivity index (χ1v) is 9.08. The van der Waals surface area contributed by atoms with Crippen LogP contribution in [0, 0.1) is 11.8 Å². The van der Waals surface area contributed by atoms with E-state index in [0.717, 1.165) is 32.0 Å². The fraction of sp³-hybridized carbons (Fsp3) is 0.722. The van der Waals surface area contributed by atoms with Crippen LogP contribution in [-0.4, -0.2) is 57.5 Å². The van der Waals surface area contributed by atoms with Gasteiger partial charge in [-0.1, -0.05) is 13.8 Å². The van der Waals surface area contributed by atoms with Gasteiger partial charge in [0.15, 0.2) is 0 Å². The molecule has 1 aromatic heterocycles. The van der Waals surface area contributed by atoms with Crippen molar-refractivity contribution in [1.29, 1.82) is 0 Å². The van der Waals surface area contributed by atoms with Gasteiger partial charge in [0.2, 0.25) is 5.91 Å². The largest absolute Gasteiger partial charge is 0.347 e. The second-order valence-electron chi connectivity index (χ2n) is 7.47. The van der Waals surface area contributed by atoms with Crippen LogP contribution >= 0.6 is 0 Å². The lowest BCUT2D eigenvalue weighted by molar-refractivity contribution is -0.132. The minimum absolute atomic E-state index is 0.0176. The highest BCUT2D eigenvalue weighted by molar-refractivity contribution is 5.76. The van der Waals surface area contributed by atoms with Crippen molar-refractivity contribution in [2.24, 2.45) is 11.8 Å². The van der Waals surface area contributed by atoms with Crippen LogP contribution in [0.2, 0.25) is 0 Å². The summed E-state index contributed by atoms with van der Waals surface area (Å²) in [4.78, 5) is 32.7. The molecule has 0 radical (unpaired) electrons. The van der Waals surface area contributed by atoms with Crippen LogP contribution in [0.5, 0.6) is 0 Å². The first-order chi connectivity index (χ1) is 11.5. The van der Waals surface area contributed by atoms with Crippen LogP contribution in [0.3, 0.4) is 0 Å². The highest BCUT2D eigenvalue weighted by atomic mass is 16.2. The molecule has 24 heavy (non-hydrogen) atoms. The van der Waals surface area contributed by atoms with Crippen LogP contribution in [-0.2, 0) is 11.3 Å². The van der Waals surface area contributed by atoms with Gasteiger partial charge in [0, 0.05) is 44.6 Å². The Morgan fingerprint density at radius 1 is 1.33 bits per heavy atom. The van der Waals surface area contributed by atoms with Gasteiger partial charge >= 0.3 is 5.69 Å². The van der Waals surface area contributed by atoms with E-state index in [0.29, 0.717) is 12.0 Å². The van der Waals surface area contributed by atoms with Crippen LogP contribution in [0.15, 0.2) is 23.3 Å². The van der Waals surface area contributed by atoms with Crippen molar-refractivity contribution in [3.8, 4) is 0 Å². The summed E-state index contributed by atoms with van der Waals surface area (Å²) in [6.07, 6.45) is 6.80. The third-order valence-corrected chi connectivity index (χ3v) is 5.15. The molecule has 1 saturated carbocycles. The predicted molar refractivity (Wildman–Crippen MR) is 92.6 cm³/mol. The van der Waals surface area contributed by atoms with Gasteiger partial charge in [0.05, 0.1) is 0 Å². The second-order valence-corrected chi connectivity index (χ2v) is 7.47. The summed E-state index contributed by atoms with van der Waals surface area (Å²) in [6, 6.07) is 2.09. The van der Waals surface area contributed by atoms with Gasteiger partial charge < -0.3 is 4.90 Å². The summed E-state index contributed by atoms with van der Waals surface area (Å²) in [5.74, 6) is 1.39. The average Bonchev–Trinajstić information content (AvgIpc) is 3.37. The Bertz CT molecular complexity index is 623. The fourth-order valence-electron chi connectivity index (χ4n) is 3.53. The maximum absolute atomic E-state index is 12.7. The molecule has 1 aliphatic carbocycles. The SMILES string of the molecule is CC(C)C1CN(C(=O)Cn2cccnc2=O)CCCN1CC1CC1. The van der Waals surface area contributed by atoms with E-state index in [9.17, 15) is 9.59 Å². The second kappa shape index (κ2) is 7.47. The summed E-state index contributed by atoms with van der Waals surface area (Å²) in [6.45, 7) is 8.34. The maximum atomic E-state index is 12.7. The quantitative estimate of drug-likeness (QED) is 0.813. The van der Waals surface area contributed by atoms with Gasteiger partial charge in [-0.25, -0.2) is 9.78 Å². The Hall–Kier alpha value is -1.69. The molecule has 1 amide bonds. The lowest BCUT2D eigenvalue weighted by Crippen LogP contribution is -2.47. The molecule has 0 N–H and O–H groups in total. The summed E-state index contributed by atoms with van der Waals surface area (Å²) in [7, 11) is 0. The Labute approximate surface area is 143 Å². The van der Waals surface area contributed by atoms with Crippen LogP contribution in [0.1, 0.15) is 33.1 Å². The van der Waals surface area contributed by atoms with Crippen molar-refractivity contribution in [2.75, 3.05) is 26.2 Å². The summed E-state index contributed by atoms with van der Waals surface area (Å²) >= 11 is 0. The Kier molecular flexibility index (Phi) is 5.33. The highest BCUT2D eigenvalue weighted by Gasteiger charge is 2.33. The molecule has 1 aliphatic heterocycles. The lowest BCUT2D eigenvalue weighted by atomic mass is 10.0. The van der Waals surface area contributed by atoms with Crippen LogP contribution in [0.25, 0.3) is 0 Å². The molecule has 1 atom stereocenters. The van der Waals surface area contributed by atoms with Gasteiger partial charge in [0.1, 0.15) is 6.54 Å². The first-order valence-electron chi connectivity index (χ1n) is 9.08. The zero-order chi connectivity index (χ0) is 17.1. The molecule has 1 unspecified atom stereocenters. The van der Waals surface area contributed by atoms with Crippen molar-refractivity contribution >= 4 is 5.91 Å². The molecule has 3 rings (SSSR count). The summed E-state index contributed by atoms with van der Waals surface area (Å²) in [5.41, 5.74) is -0.364. The zero-order valence-electron chi connectivity index (χ0n) is 14.7. The third kappa shape index (κ3) is 4.23. The van der Waals surface area contributed by atoms with E-state index < -0.39 is 0 Å². The van der Waals surface area contributed by atoms with E-state index in [1.54, 1.807) is 12.3 Å². The van der Waals surface area contributed by atoms with E-state index >= 15 is 0 Å². The average molecular weight is 332 g/mol. The minimum atomic E-state index is -0.364. The van der Waals surface area contributed by atoms with E-state index in [4.69, 9.17) is 0 Å². The predicted octanol–water partition coefficient (Wildman–Crippen LogP) is 1.21. The molecule has 2 fully saturated rings. The number of aromatic nitrogens is 2. The van der Waals surface area contributed by atoms with Crippen molar-refractivity contribution < 1.29 is 4.79 Å². The van der Waals surface area contributed by atoms with Gasteiger partial charge in [-0.2, -0.15) is 0 Å². The van der Waals surface area contributed by atoms with Crippen molar-refractivity contribution in [1.82, 2.24) is 19.4 Å². The molecule has 0 aromatic carbocycles. The Morgan fingerprint density at radius 2 is 2.12 bits per heavy atom. The van der Waals surface area contributed by atoms with E-state index in [-0.39, 0.29) is 18.1 Å². The molecule has 2 aliphatic rings. The molecule has 2 heterocycles. The normalized spacial score (nSPS) is 22.6. The number of hydrogen-bond acceptors (Lipinski definition) is 4. The number of amides is 1. The number of nitrogens with zero attached hydrogens (tertiary/aromatic N) is 4. The van der Waals surface area contributed by atoms with Gasteiger partial charge in [0.25, 0.3) is 0 Å². The molecular weight excluding hydrogens is 304 g/mol. The highest BCUT2D eigenvalue weighted by Crippen LogP contribution is 2.31. The third-order valence-electron chi connectivity index (χ3n) is 5.15. The van der Waals surface area contributed by atoms with Gasteiger partial charge in [-0.3, -0.25) is 14.3 Å². The molecule has 6 nitrogen and oxygen atoms in total. The monoisotopic (exact) mass is 332 g/mol. The van der Waals surface area contributed by atoms with Crippen molar-refractivity contribution in [3.05, 3.63) is 28.9 Å². The van der Waals surface area contributed by atoms with Crippen molar-refractivity contribution in [2.45, 2.75) is 45.7 Å². The summed E-state index contributed by atoms with van der Waals surface area (Å²) in [5, 5.41) is 0. The number of carbonyl (C=O) groups is 1. The topological polar surface area (TPSA) is 58.4 Å². The molecular formula is C18H28N4O2. The summed E-state index contributed by atoms with van der Waals surface area (Å²) < 4.78 is 1.39. The molecule has 0 bridgehead atoms. The molecule has 6 heteroatoms. The Morgan fingerprint density at radius 3 is 2.79 bits per heavy atom. The lowest BCUT2D eigenvalue weighted by Gasteiger charge is -2.34. The fourth-order valence-corrected chi connectivity index (χ4v) is 3.53. The zero-order valence-corrected chi connectivity index (χ0v) is 14.7. The van der Waals surface area contributed by atoms with E-state index in [2.05, 4.69) is 23.7 Å². The van der Waals surface area contributed by atoms with Crippen molar-refractivity contribution in [3.63, 3.8) is 0 Å². The molecule has 1 saturated heterocycles. The minimum Gasteiger partial charge on any atom is -0.340 e. The molecule has 132 valence electrons. The van der Waals surface area contributed by atoms with E-state index in [1.165, 1.54) is 30.2 Å². The van der Waals surface area contributed by atoms with Crippen LogP contribution in [0.4, 0.5) is 0 Å². The Balaban J connectivity index is 1.67. The number of carbonyl (C=O) groups excluding carboxylic acids is 1. The van der Waals surface area contributed by atoms with Gasteiger partial charge in [-0.05, 0) is 37.2 Å². The van der Waals surface area contributed by atoms with Crippen LogP contribution < -0.4 is 5.69 Å². The molecule has 0 spiro atoms. The number of rotatable bonds is 5. The smallest absolute Gasteiger partial charge is 0.340 e. The first kappa shape index (κ1) is 17.1.